The molecule has 1 amide bonds. The van der Waals surface area contributed by atoms with E-state index in [1.165, 1.54) is 30.7 Å². The fourth-order valence-electron chi connectivity index (χ4n) is 4.83. The number of alkyl halides is 2. The third-order valence-corrected chi connectivity index (χ3v) is 9.42. The summed E-state index contributed by atoms with van der Waals surface area (Å²) in [5, 5.41) is 3.63. The average Bonchev–Trinajstić information content (AvgIpc) is 3.03. The van der Waals surface area contributed by atoms with E-state index in [9.17, 15) is 22.0 Å². The van der Waals surface area contributed by atoms with Crippen molar-refractivity contribution in [2.45, 2.75) is 83.8 Å². The highest BCUT2D eigenvalue weighted by molar-refractivity contribution is 7.93. The number of carbonyl (C=O) groups excluding carboxylic acids is 1. The lowest BCUT2D eigenvalue weighted by Gasteiger charge is -2.33. The number of nitrogens with zero attached hydrogens (tertiary/aromatic N) is 4. The third-order valence-electron chi connectivity index (χ3n) is 6.79. The first kappa shape index (κ1) is 31.4. The van der Waals surface area contributed by atoms with Crippen LogP contribution in [0, 0.1) is 19.8 Å². The van der Waals surface area contributed by atoms with Gasteiger partial charge in [-0.15, -0.1) is 0 Å². The van der Waals surface area contributed by atoms with Crippen LogP contribution in [0.2, 0.25) is 10.0 Å². The third kappa shape index (κ3) is 7.35. The molecule has 0 spiro atoms. The Balaban J connectivity index is 1.67. The molecule has 3 rings (SSSR count). The molecule has 0 atom stereocenters. The van der Waals surface area contributed by atoms with E-state index in [4.69, 9.17) is 27.9 Å². The summed E-state index contributed by atoms with van der Waals surface area (Å²) in [6, 6.07) is 2.94. The number of halogens is 4. The Hall–Kier alpha value is -2.11. The van der Waals surface area contributed by atoms with Crippen LogP contribution < -0.4 is 4.31 Å². The first-order chi connectivity index (χ1) is 18.0. The van der Waals surface area contributed by atoms with Crippen LogP contribution in [0.3, 0.4) is 0 Å². The molecule has 218 valence electrons. The standard InChI is InChI=1S/C26H36Cl2F2N4O4S/c1-16-22(17(2)32(6)31-16)34(24(29)30)39(36,37)23-20(27)14-19(15-21(23)28)9-7-8-18-10-12-33(13-11-18)25(35)38-26(3,4)5/h14-15,18,24H,7-13H2,1-6H3. The highest BCUT2D eigenvalue weighted by atomic mass is 35.5. The lowest BCUT2D eigenvalue weighted by Crippen LogP contribution is -2.41. The zero-order valence-corrected chi connectivity index (χ0v) is 25.4. The summed E-state index contributed by atoms with van der Waals surface area (Å²) in [4.78, 5) is 13.4. The summed E-state index contributed by atoms with van der Waals surface area (Å²) in [5.74, 6) is 0.444. The molecule has 0 aliphatic carbocycles. The fraction of sp³-hybridized carbons (Fsp3) is 0.615. The van der Waals surface area contributed by atoms with Crippen LogP contribution in [0.5, 0.6) is 0 Å². The van der Waals surface area contributed by atoms with E-state index in [2.05, 4.69) is 5.10 Å². The van der Waals surface area contributed by atoms with Crippen molar-refractivity contribution in [2.24, 2.45) is 13.0 Å². The van der Waals surface area contributed by atoms with E-state index in [0.717, 1.165) is 25.7 Å². The molecule has 1 fully saturated rings. The van der Waals surface area contributed by atoms with Crippen LogP contribution in [0.1, 0.15) is 63.4 Å². The van der Waals surface area contributed by atoms with Gasteiger partial charge in [0.05, 0.1) is 21.4 Å². The SMILES string of the molecule is Cc1nn(C)c(C)c1N(C(F)F)S(=O)(=O)c1c(Cl)cc(CCCC2CCN(C(=O)OC(C)(C)C)CC2)cc1Cl. The Morgan fingerprint density at radius 2 is 1.74 bits per heavy atom. The monoisotopic (exact) mass is 608 g/mol. The smallest absolute Gasteiger partial charge is 0.410 e. The quantitative estimate of drug-likeness (QED) is 0.310. The number of aromatic nitrogens is 2. The van der Waals surface area contributed by atoms with Gasteiger partial charge in [0.15, 0.2) is 0 Å². The number of rotatable bonds is 8. The Morgan fingerprint density at radius 3 is 2.21 bits per heavy atom. The number of sulfonamides is 1. The van der Waals surface area contributed by atoms with Gasteiger partial charge in [0.1, 0.15) is 16.2 Å². The molecule has 39 heavy (non-hydrogen) atoms. The molecule has 13 heteroatoms. The molecule has 1 aromatic heterocycles. The van der Waals surface area contributed by atoms with E-state index in [1.807, 2.05) is 20.8 Å². The second-order valence-corrected chi connectivity index (χ2v) is 13.5. The van der Waals surface area contributed by atoms with Gasteiger partial charge in [-0.1, -0.05) is 23.2 Å². The summed E-state index contributed by atoms with van der Waals surface area (Å²) in [6.07, 6.45) is 3.75. The molecule has 0 radical (unpaired) electrons. The maximum atomic E-state index is 14.2. The minimum Gasteiger partial charge on any atom is -0.444 e. The van der Waals surface area contributed by atoms with Crippen LogP contribution in [0.25, 0.3) is 0 Å². The van der Waals surface area contributed by atoms with Crippen molar-refractivity contribution in [1.29, 1.82) is 0 Å². The number of carbonyl (C=O) groups is 1. The minimum atomic E-state index is -4.80. The number of piperidine rings is 1. The summed E-state index contributed by atoms with van der Waals surface area (Å²) in [5.41, 5.74) is 0.380. The highest BCUT2D eigenvalue weighted by Gasteiger charge is 2.38. The molecule has 8 nitrogen and oxygen atoms in total. The Kier molecular flexibility index (Phi) is 9.81. The van der Waals surface area contributed by atoms with Gasteiger partial charge < -0.3 is 9.64 Å². The Bertz CT molecular complexity index is 1280. The second-order valence-electron chi connectivity index (χ2n) is 10.9. The van der Waals surface area contributed by atoms with Gasteiger partial charge in [-0.05, 0) is 90.3 Å². The number of amides is 1. The largest absolute Gasteiger partial charge is 0.444 e. The van der Waals surface area contributed by atoms with Gasteiger partial charge in [-0.3, -0.25) is 4.68 Å². The Morgan fingerprint density at radius 1 is 1.18 bits per heavy atom. The molecule has 1 aliphatic rings. The Labute approximate surface area is 239 Å². The predicted molar refractivity (Wildman–Crippen MR) is 148 cm³/mol. The fourth-order valence-corrected chi connectivity index (χ4v) is 7.47. The number of likely N-dealkylation sites (tertiary alicyclic amines) is 1. The zero-order valence-electron chi connectivity index (χ0n) is 23.1. The molecular weight excluding hydrogens is 573 g/mol. The maximum absolute atomic E-state index is 14.2. The second kappa shape index (κ2) is 12.2. The van der Waals surface area contributed by atoms with Gasteiger partial charge >= 0.3 is 12.6 Å². The van der Waals surface area contributed by atoms with Gasteiger partial charge in [0.25, 0.3) is 10.0 Å². The first-order valence-corrected chi connectivity index (χ1v) is 15.0. The van der Waals surface area contributed by atoms with Gasteiger partial charge in [-0.25, -0.2) is 17.5 Å². The molecule has 1 aromatic carbocycles. The molecule has 0 saturated carbocycles. The van der Waals surface area contributed by atoms with E-state index in [0.29, 0.717) is 31.0 Å². The molecule has 0 unspecified atom stereocenters. The molecular formula is C26H36Cl2F2N4O4S. The number of ether oxygens (including phenoxy) is 1. The van der Waals surface area contributed by atoms with Crippen LogP contribution in [-0.4, -0.2) is 54.4 Å². The molecule has 0 N–H and O–H groups in total. The van der Waals surface area contributed by atoms with E-state index >= 15 is 0 Å². The molecule has 2 heterocycles. The maximum Gasteiger partial charge on any atom is 0.410 e. The van der Waals surface area contributed by atoms with Crippen LogP contribution in [-0.2, 0) is 28.2 Å². The normalized spacial score (nSPS) is 15.2. The van der Waals surface area contributed by atoms with E-state index < -0.39 is 27.1 Å². The van der Waals surface area contributed by atoms with Crippen molar-refractivity contribution in [2.75, 3.05) is 17.4 Å². The summed E-state index contributed by atoms with van der Waals surface area (Å²) in [7, 11) is -3.26. The average molecular weight is 610 g/mol. The van der Waals surface area contributed by atoms with Crippen molar-refractivity contribution in [3.05, 3.63) is 39.1 Å². The number of anilines is 1. The van der Waals surface area contributed by atoms with Crippen molar-refractivity contribution >= 4 is 45.0 Å². The first-order valence-electron chi connectivity index (χ1n) is 12.8. The van der Waals surface area contributed by atoms with E-state index in [1.54, 1.807) is 11.9 Å². The van der Waals surface area contributed by atoms with Gasteiger partial charge in [-0.2, -0.15) is 13.9 Å². The number of hydrogen-bond acceptors (Lipinski definition) is 5. The zero-order chi connectivity index (χ0) is 29.3. The van der Waals surface area contributed by atoms with Crippen molar-refractivity contribution < 1.29 is 26.7 Å². The lowest BCUT2D eigenvalue weighted by molar-refractivity contribution is 0.0180. The summed E-state index contributed by atoms with van der Waals surface area (Å²) in [6.45, 7) is 6.40. The van der Waals surface area contributed by atoms with Crippen molar-refractivity contribution in [3.8, 4) is 0 Å². The summed E-state index contributed by atoms with van der Waals surface area (Å²) < 4.78 is 62.0. The molecule has 1 saturated heterocycles. The number of benzene rings is 1. The number of hydrogen-bond donors (Lipinski definition) is 0. The summed E-state index contributed by atoms with van der Waals surface area (Å²) >= 11 is 12.7. The van der Waals surface area contributed by atoms with Crippen LogP contribution in [0.4, 0.5) is 19.3 Å². The molecule has 0 bridgehead atoms. The van der Waals surface area contributed by atoms with Crippen LogP contribution in [0.15, 0.2) is 17.0 Å². The number of aryl methyl sites for hydroxylation is 3. The van der Waals surface area contributed by atoms with Gasteiger partial charge in [0.2, 0.25) is 0 Å². The van der Waals surface area contributed by atoms with Crippen LogP contribution >= 0.6 is 23.2 Å². The van der Waals surface area contributed by atoms with Crippen molar-refractivity contribution in [1.82, 2.24) is 14.7 Å². The molecule has 1 aliphatic heterocycles. The minimum absolute atomic E-state index is 0.0288. The van der Waals surface area contributed by atoms with E-state index in [-0.39, 0.29) is 37.5 Å². The highest BCUT2D eigenvalue weighted by Crippen LogP contribution is 2.39. The molecule has 2 aromatic rings. The topological polar surface area (TPSA) is 84.7 Å². The predicted octanol–water partition coefficient (Wildman–Crippen LogP) is 6.73. The van der Waals surface area contributed by atoms with Crippen molar-refractivity contribution in [3.63, 3.8) is 0 Å². The van der Waals surface area contributed by atoms with Gasteiger partial charge in [0, 0.05) is 20.1 Å². The lowest BCUT2D eigenvalue weighted by atomic mass is 9.91.